The molecule has 2 aromatic rings. The summed E-state index contributed by atoms with van der Waals surface area (Å²) in [5, 5.41) is 2.86. The zero-order valence-electron chi connectivity index (χ0n) is 19.4. The molecule has 0 spiro atoms. The Morgan fingerprint density at radius 3 is 2.79 bits per heavy atom. The minimum atomic E-state index is -3.60. The molecule has 1 aliphatic rings. The molecule has 1 aromatic heterocycles. The van der Waals surface area contributed by atoms with Crippen LogP contribution in [-0.2, 0) is 21.2 Å². The summed E-state index contributed by atoms with van der Waals surface area (Å²) in [6, 6.07) is 9.28. The van der Waals surface area contributed by atoms with Crippen LogP contribution in [0.5, 0.6) is 5.75 Å². The molecule has 0 aliphatic carbocycles. The maximum atomic E-state index is 14.0. The van der Waals surface area contributed by atoms with E-state index in [0.29, 0.717) is 37.1 Å². The monoisotopic (exact) mass is 477 g/mol. The summed E-state index contributed by atoms with van der Waals surface area (Å²) < 4.78 is 47.4. The van der Waals surface area contributed by atoms with Gasteiger partial charge in [-0.1, -0.05) is 6.07 Å². The third kappa shape index (κ3) is 6.74. The summed E-state index contributed by atoms with van der Waals surface area (Å²) in [6.45, 7) is 5.99. The van der Waals surface area contributed by atoms with Gasteiger partial charge < -0.3 is 10.1 Å². The lowest BCUT2D eigenvalue weighted by atomic mass is 9.89. The van der Waals surface area contributed by atoms with Crippen molar-refractivity contribution in [2.45, 2.75) is 58.1 Å². The van der Waals surface area contributed by atoms with Crippen LogP contribution in [-0.4, -0.2) is 48.1 Å². The summed E-state index contributed by atoms with van der Waals surface area (Å²) in [5.41, 5.74) is 0.803. The summed E-state index contributed by atoms with van der Waals surface area (Å²) in [7, 11) is -3.60. The number of sulfonamides is 1. The highest BCUT2D eigenvalue weighted by molar-refractivity contribution is 7.89. The number of pyridine rings is 1. The van der Waals surface area contributed by atoms with Gasteiger partial charge in [0.1, 0.15) is 17.2 Å². The smallest absolute Gasteiger partial charge is 0.220 e. The Hall–Kier alpha value is -2.52. The molecule has 0 saturated heterocycles. The van der Waals surface area contributed by atoms with Gasteiger partial charge in [-0.05, 0) is 57.5 Å². The zero-order chi connectivity index (χ0) is 24.1. The van der Waals surface area contributed by atoms with E-state index in [0.717, 1.165) is 5.69 Å². The molecular formula is C24H32FN3O4S. The number of amides is 1. The predicted molar refractivity (Wildman–Crippen MR) is 125 cm³/mol. The second kappa shape index (κ2) is 10.6. The normalized spacial score (nSPS) is 17.3. The molecule has 1 amide bonds. The molecule has 0 radical (unpaired) electrons. The number of aromatic nitrogens is 1. The van der Waals surface area contributed by atoms with Crippen LogP contribution < -0.4 is 10.1 Å². The number of hydrogen-bond acceptors (Lipinski definition) is 5. The number of carbonyl (C=O) groups excluding carboxylic acids is 1. The Morgan fingerprint density at radius 1 is 1.30 bits per heavy atom. The largest absolute Gasteiger partial charge is 0.487 e. The fraction of sp³-hybridized carbons (Fsp3) is 0.500. The van der Waals surface area contributed by atoms with Crippen molar-refractivity contribution < 1.29 is 22.3 Å². The van der Waals surface area contributed by atoms with E-state index in [4.69, 9.17) is 4.74 Å². The van der Waals surface area contributed by atoms with Crippen LogP contribution in [0.4, 0.5) is 4.39 Å². The SMILES string of the molecule is CCS(=O)(=O)N(CCCC(=O)NCCc1ccccn1)C1CC(C)(C)Oc2ccc(F)cc21. The first-order chi connectivity index (χ1) is 15.6. The van der Waals surface area contributed by atoms with Crippen molar-refractivity contribution in [2.24, 2.45) is 0 Å². The number of benzene rings is 1. The van der Waals surface area contributed by atoms with E-state index in [1.165, 1.54) is 16.4 Å². The van der Waals surface area contributed by atoms with Gasteiger partial charge in [-0.15, -0.1) is 0 Å². The quantitative estimate of drug-likeness (QED) is 0.565. The second-order valence-electron chi connectivity index (χ2n) is 8.80. The highest BCUT2D eigenvalue weighted by atomic mass is 32.2. The average molecular weight is 478 g/mol. The highest BCUT2D eigenvalue weighted by Crippen LogP contribution is 2.43. The van der Waals surface area contributed by atoms with Gasteiger partial charge in [0.2, 0.25) is 15.9 Å². The van der Waals surface area contributed by atoms with E-state index in [9.17, 15) is 17.6 Å². The first-order valence-corrected chi connectivity index (χ1v) is 12.9. The third-order valence-electron chi connectivity index (χ3n) is 5.68. The van der Waals surface area contributed by atoms with Gasteiger partial charge in [0.15, 0.2) is 0 Å². The molecule has 1 N–H and O–H groups in total. The molecule has 9 heteroatoms. The van der Waals surface area contributed by atoms with Crippen molar-refractivity contribution in [3.63, 3.8) is 0 Å². The van der Waals surface area contributed by atoms with Gasteiger partial charge in [0.05, 0.1) is 11.8 Å². The molecule has 2 heterocycles. The molecular weight excluding hydrogens is 445 g/mol. The lowest BCUT2D eigenvalue weighted by Gasteiger charge is -2.42. The van der Waals surface area contributed by atoms with E-state index in [1.807, 2.05) is 32.0 Å². The molecule has 1 atom stereocenters. The van der Waals surface area contributed by atoms with Crippen molar-refractivity contribution in [1.29, 1.82) is 0 Å². The Bertz CT molecular complexity index is 1060. The zero-order valence-corrected chi connectivity index (χ0v) is 20.2. The maximum absolute atomic E-state index is 14.0. The minimum Gasteiger partial charge on any atom is -0.487 e. The van der Waals surface area contributed by atoms with Crippen molar-refractivity contribution in [3.05, 3.63) is 59.7 Å². The summed E-state index contributed by atoms with van der Waals surface area (Å²) in [6.07, 6.45) is 3.28. The lowest BCUT2D eigenvalue weighted by Crippen LogP contribution is -2.44. The highest BCUT2D eigenvalue weighted by Gasteiger charge is 2.40. The summed E-state index contributed by atoms with van der Waals surface area (Å²) >= 11 is 0. The van der Waals surface area contributed by atoms with Crippen molar-refractivity contribution in [3.8, 4) is 5.75 Å². The van der Waals surface area contributed by atoms with Crippen molar-refractivity contribution in [1.82, 2.24) is 14.6 Å². The molecule has 1 aromatic carbocycles. The third-order valence-corrected chi connectivity index (χ3v) is 7.56. The van der Waals surface area contributed by atoms with E-state index >= 15 is 0 Å². The van der Waals surface area contributed by atoms with Crippen LogP contribution in [0.15, 0.2) is 42.6 Å². The van der Waals surface area contributed by atoms with Gasteiger partial charge in [0.25, 0.3) is 0 Å². The Labute approximate surface area is 195 Å². The molecule has 33 heavy (non-hydrogen) atoms. The Morgan fingerprint density at radius 2 is 2.09 bits per heavy atom. The number of rotatable bonds is 10. The van der Waals surface area contributed by atoms with Crippen LogP contribution in [0.2, 0.25) is 0 Å². The van der Waals surface area contributed by atoms with E-state index in [-0.39, 0.29) is 24.6 Å². The lowest BCUT2D eigenvalue weighted by molar-refractivity contribution is -0.121. The van der Waals surface area contributed by atoms with Crippen LogP contribution in [0, 0.1) is 5.82 Å². The van der Waals surface area contributed by atoms with Gasteiger partial charge >= 0.3 is 0 Å². The van der Waals surface area contributed by atoms with Crippen LogP contribution >= 0.6 is 0 Å². The topological polar surface area (TPSA) is 88.6 Å². The van der Waals surface area contributed by atoms with Crippen LogP contribution in [0.25, 0.3) is 0 Å². The molecule has 3 rings (SSSR count). The van der Waals surface area contributed by atoms with Crippen molar-refractivity contribution >= 4 is 15.9 Å². The number of fused-ring (bicyclic) bond motifs is 1. The Balaban J connectivity index is 1.66. The fourth-order valence-corrected chi connectivity index (χ4v) is 5.37. The molecule has 0 saturated carbocycles. The maximum Gasteiger partial charge on any atom is 0.220 e. The van der Waals surface area contributed by atoms with Gasteiger partial charge in [-0.25, -0.2) is 12.8 Å². The number of nitrogens with one attached hydrogen (secondary N) is 1. The Kier molecular flexibility index (Phi) is 8.07. The van der Waals surface area contributed by atoms with Gasteiger partial charge in [-0.3, -0.25) is 9.78 Å². The molecule has 180 valence electrons. The fourth-order valence-electron chi connectivity index (χ4n) is 4.06. The predicted octanol–water partition coefficient (Wildman–Crippen LogP) is 3.61. The van der Waals surface area contributed by atoms with Gasteiger partial charge in [-0.2, -0.15) is 4.31 Å². The number of halogens is 1. The summed E-state index contributed by atoms with van der Waals surface area (Å²) in [4.78, 5) is 16.5. The van der Waals surface area contributed by atoms with Gasteiger partial charge in [0, 0.05) is 49.8 Å². The molecule has 0 bridgehead atoms. The number of carbonyl (C=O) groups is 1. The second-order valence-corrected chi connectivity index (χ2v) is 11.0. The minimum absolute atomic E-state index is 0.0777. The van der Waals surface area contributed by atoms with Crippen LogP contribution in [0.3, 0.4) is 0 Å². The van der Waals surface area contributed by atoms with Crippen molar-refractivity contribution in [2.75, 3.05) is 18.8 Å². The molecule has 1 unspecified atom stereocenters. The summed E-state index contributed by atoms with van der Waals surface area (Å²) in [5.74, 6) is -0.172. The molecule has 1 aliphatic heterocycles. The number of nitrogens with zero attached hydrogens (tertiary/aromatic N) is 2. The van der Waals surface area contributed by atoms with Crippen LogP contribution in [0.1, 0.15) is 57.3 Å². The number of hydrogen-bond donors (Lipinski definition) is 1. The number of ether oxygens (including phenoxy) is 1. The standard InChI is InChI=1S/C24H32FN3O4S/c1-4-33(30,31)28(15-7-9-23(29)27-14-12-19-8-5-6-13-26-19)21-17-24(2,3)32-22-11-10-18(25)16-20(21)22/h5-6,8,10-11,13,16,21H,4,7,9,12,14-15,17H2,1-3H3,(H,27,29). The molecule has 0 fully saturated rings. The van der Waals surface area contributed by atoms with E-state index in [2.05, 4.69) is 10.3 Å². The average Bonchev–Trinajstić information content (AvgIpc) is 2.77. The van der Waals surface area contributed by atoms with E-state index < -0.39 is 27.5 Å². The van der Waals surface area contributed by atoms with E-state index in [1.54, 1.807) is 19.2 Å². The molecule has 7 nitrogen and oxygen atoms in total. The first kappa shape index (κ1) is 25.1. The first-order valence-electron chi connectivity index (χ1n) is 11.3.